The Morgan fingerprint density at radius 1 is 1.21 bits per heavy atom. The van der Waals surface area contributed by atoms with Crippen molar-refractivity contribution in [1.29, 1.82) is 0 Å². The Morgan fingerprint density at radius 3 is 2.42 bits per heavy atom. The van der Waals surface area contributed by atoms with Crippen LogP contribution in [0.4, 0.5) is 10.5 Å². The van der Waals surface area contributed by atoms with Crippen LogP contribution in [0.15, 0.2) is 28.7 Å². The van der Waals surface area contributed by atoms with Gasteiger partial charge in [0, 0.05) is 4.47 Å². The second kappa shape index (κ2) is 7.79. The van der Waals surface area contributed by atoms with Gasteiger partial charge in [-0.2, -0.15) is 0 Å². The van der Waals surface area contributed by atoms with Crippen LogP contribution in [0.1, 0.15) is 39.5 Å². The lowest BCUT2D eigenvalue weighted by atomic mass is 9.88. The Balaban J connectivity index is 2.09. The zero-order valence-corrected chi connectivity index (χ0v) is 15.5. The number of para-hydroxylation sites is 1. The van der Waals surface area contributed by atoms with Gasteiger partial charge in [-0.1, -0.05) is 38.8 Å². The Labute approximate surface area is 150 Å². The van der Waals surface area contributed by atoms with Crippen LogP contribution in [0, 0.1) is 0 Å². The van der Waals surface area contributed by atoms with E-state index in [1.165, 1.54) is 0 Å². The van der Waals surface area contributed by atoms with Crippen molar-refractivity contribution in [3.8, 4) is 0 Å². The third-order valence-electron chi connectivity index (χ3n) is 4.05. The van der Waals surface area contributed by atoms with E-state index in [-0.39, 0.29) is 12.5 Å². The highest BCUT2D eigenvalue weighted by Crippen LogP contribution is 2.28. The van der Waals surface area contributed by atoms with Crippen molar-refractivity contribution in [1.82, 2.24) is 10.2 Å². The van der Waals surface area contributed by atoms with E-state index in [2.05, 4.69) is 26.6 Å². The quantitative estimate of drug-likeness (QED) is 0.695. The van der Waals surface area contributed by atoms with Gasteiger partial charge in [-0.25, -0.2) is 4.79 Å². The summed E-state index contributed by atoms with van der Waals surface area (Å²) in [5.74, 6) is -0.715. The fraction of sp³-hybridized carbons (Fsp3) is 0.471. The van der Waals surface area contributed by atoms with E-state index < -0.39 is 17.5 Å². The first-order valence-corrected chi connectivity index (χ1v) is 8.91. The van der Waals surface area contributed by atoms with E-state index in [9.17, 15) is 14.4 Å². The minimum atomic E-state index is -0.867. The largest absolute Gasteiger partial charge is 0.325 e. The molecule has 0 aromatic heterocycles. The summed E-state index contributed by atoms with van der Waals surface area (Å²) < 4.78 is 0.738. The van der Waals surface area contributed by atoms with E-state index in [1.54, 1.807) is 18.2 Å². The van der Waals surface area contributed by atoms with Gasteiger partial charge in [-0.3, -0.25) is 14.5 Å². The topological polar surface area (TPSA) is 78.5 Å². The Bertz CT molecular complexity index is 642. The van der Waals surface area contributed by atoms with E-state index in [4.69, 9.17) is 0 Å². The molecule has 0 radical (unpaired) electrons. The molecular weight excluding hydrogens is 374 g/mol. The summed E-state index contributed by atoms with van der Waals surface area (Å²) in [6, 6.07) is 6.68. The smallest absolute Gasteiger partial charge is 0.324 e. The van der Waals surface area contributed by atoms with Crippen molar-refractivity contribution in [3.05, 3.63) is 28.7 Å². The van der Waals surface area contributed by atoms with E-state index in [1.807, 2.05) is 19.9 Å². The average molecular weight is 396 g/mol. The number of halogens is 1. The normalized spacial score (nSPS) is 16.2. The van der Waals surface area contributed by atoms with E-state index in [0.29, 0.717) is 18.5 Å². The molecule has 2 N–H and O–H groups in total. The molecule has 2 rings (SSSR count). The Kier molecular flexibility index (Phi) is 5.99. The van der Waals surface area contributed by atoms with Crippen LogP contribution in [-0.2, 0) is 9.59 Å². The molecule has 1 aromatic rings. The number of hydrogen-bond acceptors (Lipinski definition) is 3. The van der Waals surface area contributed by atoms with Crippen LogP contribution >= 0.6 is 15.9 Å². The molecule has 1 heterocycles. The lowest BCUT2D eigenvalue weighted by Gasteiger charge is -2.25. The number of nitrogens with one attached hydrogen (secondary N) is 2. The summed E-state index contributed by atoms with van der Waals surface area (Å²) in [6.45, 7) is 3.65. The first kappa shape index (κ1) is 18.4. The fourth-order valence-electron chi connectivity index (χ4n) is 3.03. The number of carbonyl (C=O) groups excluding carboxylic acids is 3. The first-order valence-electron chi connectivity index (χ1n) is 8.12. The molecule has 1 fully saturated rings. The van der Waals surface area contributed by atoms with Crippen LogP contribution in [-0.4, -0.2) is 34.8 Å². The number of rotatable bonds is 7. The van der Waals surface area contributed by atoms with Gasteiger partial charge in [0.2, 0.25) is 5.91 Å². The molecule has 6 nitrogen and oxygen atoms in total. The molecule has 0 aliphatic carbocycles. The molecule has 0 atom stereocenters. The summed E-state index contributed by atoms with van der Waals surface area (Å²) >= 11 is 3.35. The van der Waals surface area contributed by atoms with Crippen molar-refractivity contribution in [2.75, 3.05) is 11.9 Å². The van der Waals surface area contributed by atoms with Gasteiger partial charge in [0.15, 0.2) is 0 Å². The third-order valence-corrected chi connectivity index (χ3v) is 4.74. The summed E-state index contributed by atoms with van der Waals surface area (Å²) in [5.41, 5.74) is -0.267. The minimum Gasteiger partial charge on any atom is -0.324 e. The number of imide groups is 1. The average Bonchev–Trinajstić information content (AvgIpc) is 2.75. The van der Waals surface area contributed by atoms with Crippen LogP contribution in [0.3, 0.4) is 0 Å². The van der Waals surface area contributed by atoms with Crippen molar-refractivity contribution in [2.24, 2.45) is 0 Å². The lowest BCUT2D eigenvalue weighted by molar-refractivity contribution is -0.134. The molecule has 0 bridgehead atoms. The summed E-state index contributed by atoms with van der Waals surface area (Å²) in [7, 11) is 0. The van der Waals surface area contributed by atoms with Crippen LogP contribution in [0.2, 0.25) is 0 Å². The summed E-state index contributed by atoms with van der Waals surface area (Å²) in [4.78, 5) is 38.2. The lowest BCUT2D eigenvalue weighted by Crippen LogP contribution is -2.47. The zero-order valence-electron chi connectivity index (χ0n) is 13.9. The van der Waals surface area contributed by atoms with Crippen molar-refractivity contribution >= 4 is 39.5 Å². The monoisotopic (exact) mass is 395 g/mol. The zero-order chi connectivity index (χ0) is 17.7. The highest BCUT2D eigenvalue weighted by Gasteiger charge is 2.50. The predicted octanol–water partition coefficient (Wildman–Crippen LogP) is 3.28. The number of amides is 4. The van der Waals surface area contributed by atoms with E-state index in [0.717, 1.165) is 22.2 Å². The minimum absolute atomic E-state index is 0.290. The van der Waals surface area contributed by atoms with Crippen LogP contribution in [0.25, 0.3) is 0 Å². The van der Waals surface area contributed by atoms with Crippen molar-refractivity contribution in [2.45, 2.75) is 45.1 Å². The molecule has 0 spiro atoms. The fourth-order valence-corrected chi connectivity index (χ4v) is 3.42. The SMILES string of the molecule is CCCC1(CCC)NC(=O)N(CC(=O)Nc2ccccc2Br)C1=O. The number of hydrogen-bond donors (Lipinski definition) is 2. The molecule has 1 saturated heterocycles. The number of urea groups is 1. The van der Waals surface area contributed by atoms with Gasteiger partial charge >= 0.3 is 6.03 Å². The maximum absolute atomic E-state index is 12.7. The predicted molar refractivity (Wildman–Crippen MR) is 95.6 cm³/mol. The van der Waals surface area contributed by atoms with Gasteiger partial charge in [0.1, 0.15) is 12.1 Å². The van der Waals surface area contributed by atoms with Crippen molar-refractivity contribution in [3.63, 3.8) is 0 Å². The maximum atomic E-state index is 12.7. The Morgan fingerprint density at radius 2 is 1.83 bits per heavy atom. The van der Waals surface area contributed by atoms with Crippen LogP contribution < -0.4 is 10.6 Å². The first-order chi connectivity index (χ1) is 11.4. The van der Waals surface area contributed by atoms with Gasteiger partial charge in [0.25, 0.3) is 5.91 Å². The third kappa shape index (κ3) is 3.77. The molecule has 7 heteroatoms. The van der Waals surface area contributed by atoms with Gasteiger partial charge in [-0.15, -0.1) is 0 Å². The number of carbonyl (C=O) groups is 3. The maximum Gasteiger partial charge on any atom is 0.325 e. The molecule has 0 saturated carbocycles. The molecule has 1 aromatic carbocycles. The molecule has 1 aliphatic heterocycles. The molecule has 130 valence electrons. The number of anilines is 1. The second-order valence-corrected chi connectivity index (χ2v) is 6.79. The molecule has 24 heavy (non-hydrogen) atoms. The highest BCUT2D eigenvalue weighted by atomic mass is 79.9. The van der Waals surface area contributed by atoms with Gasteiger partial charge < -0.3 is 10.6 Å². The van der Waals surface area contributed by atoms with Gasteiger partial charge in [0.05, 0.1) is 5.69 Å². The standard InChI is InChI=1S/C17H22BrN3O3/c1-3-9-17(10-4-2)15(23)21(16(24)20-17)11-14(22)19-13-8-6-5-7-12(13)18/h5-8H,3-4,9-11H2,1-2H3,(H,19,22)(H,20,24). The highest BCUT2D eigenvalue weighted by molar-refractivity contribution is 9.10. The molecule has 4 amide bonds. The summed E-state index contributed by atoms with van der Waals surface area (Å²) in [6.07, 6.45) is 2.72. The van der Waals surface area contributed by atoms with Crippen molar-refractivity contribution < 1.29 is 14.4 Å². The van der Waals surface area contributed by atoms with Gasteiger partial charge in [-0.05, 0) is 40.9 Å². The molecule has 0 unspecified atom stereocenters. The van der Waals surface area contributed by atoms with E-state index >= 15 is 0 Å². The molecular formula is C17H22BrN3O3. The number of nitrogens with zero attached hydrogens (tertiary/aromatic N) is 1. The molecule has 1 aliphatic rings. The summed E-state index contributed by atoms with van der Waals surface area (Å²) in [5, 5.41) is 5.51. The Hall–Kier alpha value is -1.89. The second-order valence-electron chi connectivity index (χ2n) is 5.93. The number of benzene rings is 1. The van der Waals surface area contributed by atoms with Crippen LogP contribution in [0.5, 0.6) is 0 Å².